The number of nitrogens with one attached hydrogen (secondary N) is 1. The van der Waals surface area contributed by atoms with Crippen molar-refractivity contribution in [3.05, 3.63) is 63.6 Å². The molecule has 198 valence electrons. The second-order valence-electron chi connectivity index (χ2n) is 8.69. The van der Waals surface area contributed by atoms with E-state index in [1.807, 2.05) is 13.8 Å². The van der Waals surface area contributed by atoms with Crippen molar-refractivity contribution in [2.45, 2.75) is 39.8 Å². The maximum Gasteiger partial charge on any atom is 0.244 e. The lowest BCUT2D eigenvalue weighted by molar-refractivity contribution is -0.140. The van der Waals surface area contributed by atoms with Gasteiger partial charge in [0.1, 0.15) is 12.6 Å². The molecule has 2 aromatic rings. The first kappa shape index (κ1) is 29.8. The van der Waals surface area contributed by atoms with E-state index in [1.165, 1.54) is 11.0 Å². The minimum atomic E-state index is -4.08. The fourth-order valence-corrected chi connectivity index (χ4v) is 4.74. The number of hydrogen-bond donors (Lipinski definition) is 1. The van der Waals surface area contributed by atoms with E-state index >= 15 is 0 Å². The average Bonchev–Trinajstić information content (AvgIpc) is 2.78. The highest BCUT2D eigenvalue weighted by Crippen LogP contribution is 2.25. The first-order valence-electron chi connectivity index (χ1n) is 11.2. The molecule has 7 nitrogen and oxygen atoms in total. The van der Waals surface area contributed by atoms with Crippen LogP contribution < -0.4 is 9.62 Å². The summed E-state index contributed by atoms with van der Waals surface area (Å²) < 4.78 is 53.0. The summed E-state index contributed by atoms with van der Waals surface area (Å²) in [7, 11) is -4.08. The van der Waals surface area contributed by atoms with Crippen molar-refractivity contribution in [3.8, 4) is 0 Å². The van der Waals surface area contributed by atoms with Gasteiger partial charge in [-0.3, -0.25) is 13.9 Å². The van der Waals surface area contributed by atoms with Crippen molar-refractivity contribution in [1.82, 2.24) is 10.2 Å². The number of amides is 2. The van der Waals surface area contributed by atoms with E-state index in [1.54, 1.807) is 19.1 Å². The molecule has 2 aromatic carbocycles. The third-order valence-electron chi connectivity index (χ3n) is 5.30. The molecule has 1 N–H and O–H groups in total. The topological polar surface area (TPSA) is 86.8 Å². The summed E-state index contributed by atoms with van der Waals surface area (Å²) in [5, 5.41) is 3.44. The zero-order valence-corrected chi connectivity index (χ0v) is 22.7. The number of nitrogens with zero attached hydrogens (tertiary/aromatic N) is 2. The van der Waals surface area contributed by atoms with Crippen LogP contribution in [0.3, 0.4) is 0 Å². The van der Waals surface area contributed by atoms with E-state index in [2.05, 4.69) is 5.32 Å². The van der Waals surface area contributed by atoms with Crippen LogP contribution >= 0.6 is 23.2 Å². The fraction of sp³-hybridized carbons (Fsp3) is 0.417. The van der Waals surface area contributed by atoms with Crippen LogP contribution in [0, 0.1) is 17.6 Å². The van der Waals surface area contributed by atoms with Gasteiger partial charge in [-0.15, -0.1) is 0 Å². The molecule has 36 heavy (non-hydrogen) atoms. The molecule has 0 saturated heterocycles. The number of anilines is 1. The number of carbonyl (C=O) groups is 2. The number of benzene rings is 2. The Hall–Kier alpha value is -2.43. The fourth-order valence-electron chi connectivity index (χ4n) is 3.43. The van der Waals surface area contributed by atoms with Crippen LogP contribution in [0.1, 0.15) is 32.8 Å². The Bertz CT molecular complexity index is 1210. The molecule has 0 heterocycles. The molecule has 0 aliphatic rings. The summed E-state index contributed by atoms with van der Waals surface area (Å²) in [6.07, 6.45) is 1.07. The normalized spacial score (nSPS) is 12.4. The molecule has 2 rings (SSSR count). The van der Waals surface area contributed by atoms with Gasteiger partial charge >= 0.3 is 0 Å². The molecule has 12 heteroatoms. The van der Waals surface area contributed by atoms with Gasteiger partial charge in [0.15, 0.2) is 11.6 Å². The van der Waals surface area contributed by atoms with E-state index in [0.29, 0.717) is 27.5 Å². The third kappa shape index (κ3) is 8.04. The van der Waals surface area contributed by atoms with Crippen LogP contribution in [0.4, 0.5) is 14.5 Å². The summed E-state index contributed by atoms with van der Waals surface area (Å²) in [5.41, 5.74) is 0.259. The smallest absolute Gasteiger partial charge is 0.244 e. The molecule has 0 aliphatic heterocycles. The first-order valence-corrected chi connectivity index (χ1v) is 13.8. The number of rotatable bonds is 11. The summed E-state index contributed by atoms with van der Waals surface area (Å²) in [6, 6.07) is 6.24. The van der Waals surface area contributed by atoms with Gasteiger partial charge < -0.3 is 10.2 Å². The van der Waals surface area contributed by atoms with E-state index in [4.69, 9.17) is 23.2 Å². The van der Waals surface area contributed by atoms with Crippen LogP contribution in [-0.2, 0) is 26.2 Å². The van der Waals surface area contributed by atoms with Crippen LogP contribution in [0.15, 0.2) is 36.4 Å². The predicted molar refractivity (Wildman–Crippen MR) is 137 cm³/mol. The highest BCUT2D eigenvalue weighted by molar-refractivity contribution is 7.92. The molecule has 0 aliphatic carbocycles. The van der Waals surface area contributed by atoms with Gasteiger partial charge in [0, 0.05) is 29.2 Å². The lowest BCUT2D eigenvalue weighted by Crippen LogP contribution is -2.52. The van der Waals surface area contributed by atoms with E-state index in [0.717, 1.165) is 18.4 Å². The number of halogens is 4. The molecule has 1 unspecified atom stereocenters. The molecule has 0 bridgehead atoms. The van der Waals surface area contributed by atoms with Gasteiger partial charge in [0.05, 0.1) is 11.9 Å². The Morgan fingerprint density at radius 1 is 1.06 bits per heavy atom. The summed E-state index contributed by atoms with van der Waals surface area (Å²) in [5.74, 6) is -3.41. The Morgan fingerprint density at radius 2 is 1.72 bits per heavy atom. The van der Waals surface area contributed by atoms with Crippen molar-refractivity contribution in [1.29, 1.82) is 0 Å². The van der Waals surface area contributed by atoms with Gasteiger partial charge in [-0.1, -0.05) is 50.0 Å². The second kappa shape index (κ2) is 12.7. The van der Waals surface area contributed by atoms with Crippen LogP contribution in [0.25, 0.3) is 0 Å². The highest BCUT2D eigenvalue weighted by Gasteiger charge is 2.32. The van der Waals surface area contributed by atoms with Gasteiger partial charge in [0.2, 0.25) is 21.8 Å². The number of hydrogen-bond acceptors (Lipinski definition) is 4. The number of carbonyl (C=O) groups excluding carboxylic acids is 2. The minimum Gasteiger partial charge on any atom is -0.354 e. The molecule has 0 radical (unpaired) electrons. The molecule has 0 fully saturated rings. The molecule has 0 spiro atoms. The van der Waals surface area contributed by atoms with Crippen molar-refractivity contribution in [2.24, 2.45) is 5.92 Å². The Kier molecular flexibility index (Phi) is 10.5. The summed E-state index contributed by atoms with van der Waals surface area (Å²) in [4.78, 5) is 27.8. The van der Waals surface area contributed by atoms with Crippen LogP contribution in [-0.4, -0.2) is 50.5 Å². The second-order valence-corrected chi connectivity index (χ2v) is 11.4. The molecule has 0 aromatic heterocycles. The maximum atomic E-state index is 13.9. The molecule has 2 amide bonds. The Morgan fingerprint density at radius 3 is 2.25 bits per heavy atom. The monoisotopic (exact) mass is 563 g/mol. The SMILES string of the molecule is CCC(C(=O)NCC(C)C)N(Cc1ccc(Cl)cc1Cl)C(=O)CN(c1ccc(F)c(F)c1)S(C)(=O)=O. The standard InChI is InChI=1S/C24H29Cl2F2N3O4S/c1-5-22(24(33)29-12-15(2)3)30(13-16-6-7-17(25)10-19(16)26)23(32)14-31(36(4,34)35)18-8-9-20(27)21(28)11-18/h6-11,15,22H,5,12-14H2,1-4H3,(H,29,33). The lowest BCUT2D eigenvalue weighted by atomic mass is 10.1. The molecule has 1 atom stereocenters. The van der Waals surface area contributed by atoms with Crippen molar-refractivity contribution in [3.63, 3.8) is 0 Å². The van der Waals surface area contributed by atoms with Gasteiger partial charge in [-0.05, 0) is 42.2 Å². The number of sulfonamides is 1. The highest BCUT2D eigenvalue weighted by atomic mass is 35.5. The quantitative estimate of drug-likeness (QED) is 0.432. The lowest BCUT2D eigenvalue weighted by Gasteiger charge is -2.33. The van der Waals surface area contributed by atoms with Crippen molar-refractivity contribution < 1.29 is 26.8 Å². The summed E-state index contributed by atoms with van der Waals surface area (Å²) >= 11 is 12.3. The Balaban J connectivity index is 2.48. The van der Waals surface area contributed by atoms with E-state index < -0.39 is 46.1 Å². The van der Waals surface area contributed by atoms with Crippen molar-refractivity contribution >= 4 is 50.7 Å². The first-order chi connectivity index (χ1) is 16.7. The molecule has 0 saturated carbocycles. The zero-order valence-electron chi connectivity index (χ0n) is 20.4. The minimum absolute atomic E-state index is 0.113. The maximum absolute atomic E-state index is 13.9. The van der Waals surface area contributed by atoms with Crippen LogP contribution in [0.5, 0.6) is 0 Å². The van der Waals surface area contributed by atoms with E-state index in [-0.39, 0.29) is 29.6 Å². The average molecular weight is 564 g/mol. The molecular formula is C24H29Cl2F2N3O4S. The third-order valence-corrected chi connectivity index (χ3v) is 7.02. The molecular weight excluding hydrogens is 535 g/mol. The summed E-state index contributed by atoms with van der Waals surface area (Å²) in [6.45, 7) is 5.07. The van der Waals surface area contributed by atoms with E-state index in [9.17, 15) is 26.8 Å². The van der Waals surface area contributed by atoms with Gasteiger partial charge in [-0.25, -0.2) is 17.2 Å². The van der Waals surface area contributed by atoms with Crippen LogP contribution in [0.2, 0.25) is 10.0 Å². The Labute approximate surface area is 220 Å². The predicted octanol–water partition coefficient (Wildman–Crippen LogP) is 4.62. The zero-order chi connectivity index (χ0) is 27.2. The van der Waals surface area contributed by atoms with Gasteiger partial charge in [-0.2, -0.15) is 0 Å². The van der Waals surface area contributed by atoms with Crippen molar-refractivity contribution in [2.75, 3.05) is 23.7 Å². The van der Waals surface area contributed by atoms with Gasteiger partial charge in [0.25, 0.3) is 0 Å². The largest absolute Gasteiger partial charge is 0.354 e.